The maximum Gasteiger partial charge on any atom is 0.210 e. The Hall–Kier alpha value is -5.03. The van der Waals surface area contributed by atoms with Gasteiger partial charge in [-0.2, -0.15) is 4.58 Å². The van der Waals surface area contributed by atoms with Gasteiger partial charge in [-0.1, -0.05) is 98.8 Å². The topological polar surface area (TPSA) is 63.5 Å². The fourth-order valence-corrected chi connectivity index (χ4v) is 7.40. The third-order valence-electron chi connectivity index (χ3n) is 9.44. The molecule has 0 radical (unpaired) electrons. The van der Waals surface area contributed by atoms with Crippen molar-refractivity contribution in [1.82, 2.24) is 0 Å². The van der Waals surface area contributed by atoms with Crippen LogP contribution in [0.15, 0.2) is 121 Å². The Labute approximate surface area is 272 Å². The summed E-state index contributed by atoms with van der Waals surface area (Å²) >= 11 is 0. The summed E-state index contributed by atoms with van der Waals surface area (Å²) in [6.07, 6.45) is 13.7. The second-order valence-corrected chi connectivity index (χ2v) is 13.0. The first-order valence-corrected chi connectivity index (χ1v) is 15.9. The summed E-state index contributed by atoms with van der Waals surface area (Å²) in [7, 11) is 0. The molecule has 46 heavy (non-hydrogen) atoms. The van der Waals surface area contributed by atoms with Crippen molar-refractivity contribution in [1.29, 1.82) is 0 Å². The zero-order valence-electron chi connectivity index (χ0n) is 27.9. The number of carboxylic acids is 1. The molecule has 0 bridgehead atoms. The first kappa shape index (κ1) is 29.7. The lowest BCUT2D eigenvalue weighted by atomic mass is 9.79. The van der Waals surface area contributed by atoms with E-state index < -0.39 is 12.2 Å². The number of carbonyl (C=O) groups excluding carboxylic acids is 2. The van der Waals surface area contributed by atoms with E-state index in [0.717, 1.165) is 28.2 Å². The molecule has 6 rings (SSSR count). The number of carbonyl (C=O) groups is 2. The molecule has 2 heterocycles. The van der Waals surface area contributed by atoms with Gasteiger partial charge in [-0.05, 0) is 59.2 Å². The molecule has 0 N–H and O–H groups in total. The van der Waals surface area contributed by atoms with Crippen molar-refractivity contribution >= 4 is 50.9 Å². The van der Waals surface area contributed by atoms with E-state index in [4.69, 9.17) is 1.37 Å². The smallest absolute Gasteiger partial charge is 0.210 e. The number of fused-ring (bicyclic) bond motifs is 6. The number of benzene rings is 4. The zero-order valence-corrected chi connectivity index (χ0v) is 26.9. The molecule has 5 nitrogen and oxygen atoms in total. The first-order valence-electron chi connectivity index (χ1n) is 16.4. The molecule has 0 fully saturated rings. The Bertz CT molecular complexity index is 2060. The number of hydrogen-bond acceptors (Lipinski definition) is 4. The quantitative estimate of drug-likeness (QED) is 0.106. The van der Waals surface area contributed by atoms with Crippen molar-refractivity contribution in [2.45, 2.75) is 51.4 Å². The Morgan fingerprint density at radius 1 is 0.826 bits per heavy atom. The monoisotopic (exact) mass is 609 g/mol. The molecular weight excluding hydrogens is 568 g/mol. The van der Waals surface area contributed by atoms with Crippen molar-refractivity contribution in [2.24, 2.45) is 0 Å². The molecule has 4 aromatic rings. The number of carboxylic acid groups (broad SMARTS) is 1. The van der Waals surface area contributed by atoms with E-state index in [2.05, 4.69) is 104 Å². The average Bonchev–Trinajstić information content (AvgIpc) is 3.40. The number of allylic oxidation sites excluding steroid dienone is 8. The van der Waals surface area contributed by atoms with Crippen LogP contribution in [0.25, 0.3) is 21.5 Å². The van der Waals surface area contributed by atoms with Gasteiger partial charge in [0.15, 0.2) is 12.3 Å². The van der Waals surface area contributed by atoms with Crippen molar-refractivity contribution in [3.63, 3.8) is 0 Å². The van der Waals surface area contributed by atoms with Gasteiger partial charge in [-0.3, -0.25) is 0 Å². The maximum atomic E-state index is 11.7. The van der Waals surface area contributed by atoms with Gasteiger partial charge in [-0.25, -0.2) is 0 Å². The van der Waals surface area contributed by atoms with Crippen LogP contribution in [0, 0.1) is 0 Å². The summed E-state index contributed by atoms with van der Waals surface area (Å²) in [5.41, 5.74) is 6.06. The largest absolute Gasteiger partial charge is 0.550 e. The van der Waals surface area contributed by atoms with Crippen LogP contribution < -0.4 is 10.0 Å². The fraction of sp³-hybridized carbons (Fsp3) is 0.244. The first-order chi connectivity index (χ1) is 22.5. The second kappa shape index (κ2) is 12.4. The maximum absolute atomic E-state index is 11.7. The average molecular weight is 610 g/mol. The van der Waals surface area contributed by atoms with Gasteiger partial charge in [0.25, 0.3) is 0 Å². The Morgan fingerprint density at radius 2 is 1.46 bits per heavy atom. The highest BCUT2D eigenvalue weighted by Crippen LogP contribution is 2.50. The highest BCUT2D eigenvalue weighted by atomic mass is 16.4. The van der Waals surface area contributed by atoms with Crippen LogP contribution in [0.5, 0.6) is 0 Å². The number of aldehydes is 1. The molecule has 0 atom stereocenters. The Morgan fingerprint density at radius 3 is 2.15 bits per heavy atom. The number of rotatable bonds is 10. The van der Waals surface area contributed by atoms with Gasteiger partial charge in [0, 0.05) is 53.4 Å². The van der Waals surface area contributed by atoms with E-state index in [-0.39, 0.29) is 23.7 Å². The van der Waals surface area contributed by atoms with Crippen molar-refractivity contribution < 1.29 is 20.6 Å². The molecule has 0 aliphatic carbocycles. The van der Waals surface area contributed by atoms with Crippen molar-refractivity contribution in [2.75, 3.05) is 18.0 Å². The lowest BCUT2D eigenvalue weighted by Crippen LogP contribution is -2.31. The summed E-state index contributed by atoms with van der Waals surface area (Å²) in [4.78, 5) is 25.2. The second-order valence-electron chi connectivity index (χ2n) is 13.0. The van der Waals surface area contributed by atoms with Crippen LogP contribution in [0.1, 0.15) is 53.0 Å². The van der Waals surface area contributed by atoms with Crippen LogP contribution in [0.4, 0.5) is 11.4 Å². The van der Waals surface area contributed by atoms with Crippen LogP contribution in [-0.2, 0) is 20.4 Å². The van der Waals surface area contributed by atoms with E-state index in [1.54, 1.807) is 0 Å². The van der Waals surface area contributed by atoms with Gasteiger partial charge in [0.2, 0.25) is 5.69 Å². The molecule has 0 aromatic heterocycles. The Balaban J connectivity index is 1.28. The fourth-order valence-electron chi connectivity index (χ4n) is 7.40. The summed E-state index contributed by atoms with van der Waals surface area (Å²) in [5.74, 6) is -1.06. The number of anilines is 1. The molecule has 2 aliphatic heterocycles. The molecule has 232 valence electrons. The van der Waals surface area contributed by atoms with Crippen LogP contribution in [0.2, 0.25) is 0 Å². The molecule has 0 saturated heterocycles. The minimum Gasteiger partial charge on any atom is -0.550 e. The molecule has 0 amide bonds. The molecule has 0 unspecified atom stereocenters. The minimum absolute atomic E-state index is 0.0596. The number of hydrogen-bond donors (Lipinski definition) is 0. The van der Waals surface area contributed by atoms with E-state index in [9.17, 15) is 14.7 Å². The molecular formula is C41H40N2O3. The lowest BCUT2D eigenvalue weighted by molar-refractivity contribution is -0.435. The normalized spacial score (nSPS) is 18.0. The minimum atomic E-state index is -1.06. The van der Waals surface area contributed by atoms with Crippen LogP contribution >= 0.6 is 0 Å². The van der Waals surface area contributed by atoms with Crippen molar-refractivity contribution in [3.05, 3.63) is 132 Å². The lowest BCUT2D eigenvalue weighted by Gasteiger charge is -2.27. The molecule has 4 aromatic carbocycles. The highest BCUT2D eigenvalue weighted by molar-refractivity contribution is 6.07. The summed E-state index contributed by atoms with van der Waals surface area (Å²) in [6, 6.07) is 25.2. The number of aliphatic carboxylic acids is 1. The van der Waals surface area contributed by atoms with Crippen LogP contribution in [-0.4, -0.2) is 35.6 Å². The number of nitrogens with zero attached hydrogens (tertiary/aromatic N) is 2. The standard InChI is InChI=1S/C41H40N2O3/c1-40(2)35(42(26-14-28-44)33-23-21-29-15-10-12-17-31(29)38(33)40)19-8-6-5-7-9-20-36-41(3,4)39-32-18-13-11-16-30(32)22-24-34(39)43(36)27-25-37(45)46/h5-13,15-24,28H,14,25-27H2,1-4H3/i28D. The summed E-state index contributed by atoms with van der Waals surface area (Å²) in [5, 5.41) is 16.2. The van der Waals surface area contributed by atoms with Gasteiger partial charge in [0.1, 0.15) is 7.63 Å². The zero-order chi connectivity index (χ0) is 33.3. The van der Waals surface area contributed by atoms with E-state index in [1.165, 1.54) is 27.3 Å². The van der Waals surface area contributed by atoms with Gasteiger partial charge < -0.3 is 19.6 Å². The van der Waals surface area contributed by atoms with E-state index >= 15 is 0 Å². The van der Waals surface area contributed by atoms with Crippen LogP contribution in [0.3, 0.4) is 0 Å². The third kappa shape index (κ3) is 5.40. The van der Waals surface area contributed by atoms with Gasteiger partial charge in [-0.15, -0.1) is 0 Å². The Kier molecular flexibility index (Phi) is 8.00. The van der Waals surface area contributed by atoms with Gasteiger partial charge >= 0.3 is 0 Å². The molecule has 5 heteroatoms. The summed E-state index contributed by atoms with van der Waals surface area (Å²) in [6.45, 7) is 9.61. The third-order valence-corrected chi connectivity index (χ3v) is 9.44. The predicted octanol–water partition coefficient (Wildman–Crippen LogP) is 7.45. The molecule has 0 saturated carbocycles. The van der Waals surface area contributed by atoms with Crippen molar-refractivity contribution in [3.8, 4) is 0 Å². The van der Waals surface area contributed by atoms with E-state index in [0.29, 0.717) is 13.1 Å². The highest BCUT2D eigenvalue weighted by Gasteiger charge is 2.45. The predicted molar refractivity (Wildman–Crippen MR) is 187 cm³/mol. The SMILES string of the molecule is [2H]C(=O)CC[N+]1=C(/C=C/C=C/C=C/C=C2/N(CCC(=O)[O-])c3ccc4ccccc4c3C2(C)C)C(C)(C)c2c1ccc1ccccc21. The molecule has 0 spiro atoms. The van der Waals surface area contributed by atoms with E-state index in [1.807, 2.05) is 48.6 Å². The molecule has 2 aliphatic rings. The summed E-state index contributed by atoms with van der Waals surface area (Å²) < 4.78 is 9.70. The van der Waals surface area contributed by atoms with Gasteiger partial charge in [0.05, 0.1) is 11.8 Å².